The maximum Gasteiger partial charge on any atom is 0.470 e. The summed E-state index contributed by atoms with van der Waals surface area (Å²) in [4.78, 5) is 32.8. The quantitative estimate of drug-likeness (QED) is 0.393. The second kappa shape index (κ2) is 9.07. The number of benzene rings is 2. The lowest BCUT2D eigenvalue weighted by Gasteiger charge is -2.45. The van der Waals surface area contributed by atoms with Gasteiger partial charge in [0.2, 0.25) is 0 Å². The first kappa shape index (κ1) is 25.6. The highest BCUT2D eigenvalue weighted by atomic mass is 35.5. The Balaban J connectivity index is 1.31. The molecule has 2 N–H and O–H groups in total. The summed E-state index contributed by atoms with van der Waals surface area (Å²) in [6, 6.07) is 11.6. The molecule has 0 atom stereocenters. The third-order valence-electron chi connectivity index (χ3n) is 6.08. The smallest absolute Gasteiger partial charge is 0.470 e. The third kappa shape index (κ3) is 5.21. The molecule has 1 aliphatic carbocycles. The van der Waals surface area contributed by atoms with Crippen molar-refractivity contribution < 1.29 is 41.9 Å². The van der Waals surface area contributed by atoms with E-state index in [9.17, 15) is 18.1 Å². The number of hydrogen-bond acceptors (Lipinski definition) is 6. The summed E-state index contributed by atoms with van der Waals surface area (Å²) in [6.45, 7) is -0.268. The molecule has 0 radical (unpaired) electrons. The lowest BCUT2D eigenvalue weighted by molar-refractivity contribution is -0.207. The summed E-state index contributed by atoms with van der Waals surface area (Å²) in [7, 11) is -3.66. The second-order valence-electron chi connectivity index (χ2n) is 8.91. The van der Waals surface area contributed by atoms with Crippen molar-refractivity contribution in [1.82, 2.24) is 9.78 Å². The van der Waals surface area contributed by atoms with E-state index < -0.39 is 38.8 Å². The summed E-state index contributed by atoms with van der Waals surface area (Å²) >= 11 is 5.93. The minimum atomic E-state index is -5.03. The van der Waals surface area contributed by atoms with Crippen molar-refractivity contribution in [2.75, 3.05) is 18.6 Å². The van der Waals surface area contributed by atoms with Crippen LogP contribution in [0.4, 0.5) is 14.5 Å². The zero-order valence-electron chi connectivity index (χ0n) is 19.3. The van der Waals surface area contributed by atoms with E-state index in [-0.39, 0.29) is 24.0 Å². The standard InChI is InChI=1S/C23H21ClF2N3O7P/c1-34-19-8-17(6-7-18(19)35-13-22(36-37(31,32)33)11-23(25,26)12-22)28-9-14-10-29(27-20(14)21(28)30)16-4-2-15(24)3-5-16/h2-8,10H,9,11-13H2,1H3,(H2,31,32,33). The SMILES string of the molecule is COc1cc(N2Cc3cn(-c4ccc(Cl)cc4)nc3C2=O)ccc1OCC1(OP(=O)(O)O)CC(F)(F)C1. The van der Waals surface area contributed by atoms with Gasteiger partial charge in [0.15, 0.2) is 17.2 Å². The van der Waals surface area contributed by atoms with Crippen LogP contribution in [0.3, 0.4) is 0 Å². The van der Waals surface area contributed by atoms with Gasteiger partial charge in [-0.05, 0) is 36.4 Å². The van der Waals surface area contributed by atoms with Crippen molar-refractivity contribution in [2.24, 2.45) is 0 Å². The minimum Gasteiger partial charge on any atom is -0.493 e. The van der Waals surface area contributed by atoms with Gasteiger partial charge in [-0.3, -0.25) is 9.32 Å². The van der Waals surface area contributed by atoms with E-state index in [2.05, 4.69) is 9.62 Å². The number of alkyl halides is 2. The van der Waals surface area contributed by atoms with Crippen LogP contribution in [0.1, 0.15) is 28.9 Å². The highest BCUT2D eigenvalue weighted by Crippen LogP contribution is 2.55. The van der Waals surface area contributed by atoms with E-state index in [1.807, 2.05) is 0 Å². The normalized spacial score (nSPS) is 17.9. The van der Waals surface area contributed by atoms with Gasteiger partial charge < -0.3 is 24.2 Å². The molecule has 0 spiro atoms. The number of ether oxygens (including phenoxy) is 2. The molecule has 0 bridgehead atoms. The molecule has 10 nitrogen and oxygen atoms in total. The maximum absolute atomic E-state index is 13.5. The van der Waals surface area contributed by atoms with Gasteiger partial charge in [-0.2, -0.15) is 5.10 Å². The number of nitrogens with zero attached hydrogens (tertiary/aromatic N) is 3. The zero-order valence-corrected chi connectivity index (χ0v) is 21.0. The van der Waals surface area contributed by atoms with Crippen LogP contribution in [0, 0.1) is 0 Å². The van der Waals surface area contributed by atoms with Crippen molar-refractivity contribution >= 4 is 31.0 Å². The van der Waals surface area contributed by atoms with Crippen molar-refractivity contribution in [2.45, 2.75) is 30.9 Å². The van der Waals surface area contributed by atoms with Gasteiger partial charge in [-0.25, -0.2) is 18.0 Å². The molecule has 2 aliphatic rings. The number of carbonyl (C=O) groups excluding carboxylic acids is 1. The number of aromatic nitrogens is 2. The van der Waals surface area contributed by atoms with Crippen LogP contribution in [-0.2, 0) is 15.6 Å². The summed E-state index contributed by atoms with van der Waals surface area (Å²) in [6.07, 6.45) is -0.0177. The van der Waals surface area contributed by atoms with Crippen LogP contribution in [0.2, 0.25) is 5.02 Å². The van der Waals surface area contributed by atoms with Crippen molar-refractivity contribution in [3.8, 4) is 17.2 Å². The Hall–Kier alpha value is -3.02. The largest absolute Gasteiger partial charge is 0.493 e. The molecule has 1 saturated carbocycles. The van der Waals surface area contributed by atoms with Crippen LogP contribution in [0.25, 0.3) is 5.69 Å². The van der Waals surface area contributed by atoms with Gasteiger partial charge in [-0.1, -0.05) is 11.6 Å². The lowest BCUT2D eigenvalue weighted by Crippen LogP contribution is -2.56. The number of hydrogen-bond donors (Lipinski definition) is 2. The molecule has 1 fully saturated rings. The second-order valence-corrected chi connectivity index (χ2v) is 10.5. The van der Waals surface area contributed by atoms with Crippen LogP contribution in [0.15, 0.2) is 48.7 Å². The third-order valence-corrected chi connectivity index (χ3v) is 6.96. The first-order chi connectivity index (χ1) is 17.4. The van der Waals surface area contributed by atoms with Crippen LogP contribution >= 0.6 is 19.4 Å². The van der Waals surface area contributed by atoms with E-state index in [1.165, 1.54) is 24.1 Å². The minimum absolute atomic E-state index is 0.132. The number of carbonyl (C=O) groups is 1. The van der Waals surface area contributed by atoms with Crippen molar-refractivity contribution in [3.63, 3.8) is 0 Å². The fraction of sp³-hybridized carbons (Fsp3) is 0.304. The van der Waals surface area contributed by atoms with E-state index >= 15 is 0 Å². The highest BCUT2D eigenvalue weighted by molar-refractivity contribution is 7.46. The molecule has 2 heterocycles. The average molecular weight is 556 g/mol. The molecule has 1 amide bonds. The summed E-state index contributed by atoms with van der Waals surface area (Å²) in [5.74, 6) is -3.10. The Kier molecular flexibility index (Phi) is 6.28. The molecule has 196 valence electrons. The Morgan fingerprint density at radius 1 is 1.11 bits per heavy atom. The van der Waals surface area contributed by atoms with Gasteiger partial charge in [0, 0.05) is 41.4 Å². The Labute approximate surface area is 214 Å². The fourth-order valence-electron chi connectivity index (χ4n) is 4.50. The molecule has 14 heteroatoms. The number of anilines is 1. The van der Waals surface area contributed by atoms with Gasteiger partial charge in [0.25, 0.3) is 11.8 Å². The van der Waals surface area contributed by atoms with Crippen LogP contribution < -0.4 is 14.4 Å². The Bertz CT molecular complexity index is 1400. The molecular weight excluding hydrogens is 535 g/mol. The van der Waals surface area contributed by atoms with E-state index in [1.54, 1.807) is 41.2 Å². The van der Waals surface area contributed by atoms with Gasteiger partial charge in [-0.15, -0.1) is 0 Å². The van der Waals surface area contributed by atoms with Crippen molar-refractivity contribution in [3.05, 3.63) is 64.9 Å². The summed E-state index contributed by atoms with van der Waals surface area (Å²) < 4.78 is 55.5. The molecule has 0 saturated heterocycles. The lowest BCUT2D eigenvalue weighted by atomic mass is 9.77. The van der Waals surface area contributed by atoms with Gasteiger partial charge >= 0.3 is 7.82 Å². The van der Waals surface area contributed by atoms with E-state index in [0.29, 0.717) is 16.4 Å². The molecule has 5 rings (SSSR count). The molecular formula is C23H21ClF2N3O7P. The summed E-state index contributed by atoms with van der Waals surface area (Å²) in [5, 5.41) is 4.99. The number of methoxy groups -OCH3 is 1. The highest BCUT2D eigenvalue weighted by Gasteiger charge is 2.60. The predicted octanol–water partition coefficient (Wildman–Crippen LogP) is 4.35. The number of phosphoric ester groups is 1. The molecule has 3 aromatic rings. The predicted molar refractivity (Wildman–Crippen MR) is 128 cm³/mol. The Morgan fingerprint density at radius 2 is 1.78 bits per heavy atom. The molecule has 2 aromatic carbocycles. The monoisotopic (exact) mass is 555 g/mol. The topological polar surface area (TPSA) is 123 Å². The fourth-order valence-corrected chi connectivity index (χ4v) is 5.31. The van der Waals surface area contributed by atoms with E-state index in [4.69, 9.17) is 30.9 Å². The summed E-state index contributed by atoms with van der Waals surface area (Å²) in [5.41, 5.74) is 0.431. The van der Waals surface area contributed by atoms with E-state index in [0.717, 1.165) is 11.3 Å². The molecule has 1 aliphatic heterocycles. The number of rotatable bonds is 8. The van der Waals surface area contributed by atoms with Crippen molar-refractivity contribution in [1.29, 1.82) is 0 Å². The Morgan fingerprint density at radius 3 is 2.38 bits per heavy atom. The molecule has 0 unspecified atom stereocenters. The number of amides is 1. The van der Waals surface area contributed by atoms with Gasteiger partial charge in [0.05, 0.1) is 19.3 Å². The maximum atomic E-state index is 13.5. The molecule has 1 aromatic heterocycles. The first-order valence-corrected chi connectivity index (χ1v) is 12.9. The van der Waals surface area contributed by atoms with Crippen LogP contribution in [0.5, 0.6) is 11.5 Å². The number of halogens is 3. The van der Waals surface area contributed by atoms with Gasteiger partial charge in [0.1, 0.15) is 12.2 Å². The van der Waals surface area contributed by atoms with Crippen LogP contribution in [-0.4, -0.2) is 50.7 Å². The zero-order chi connectivity index (χ0) is 26.6. The number of phosphoric acid groups is 1. The first-order valence-electron chi connectivity index (χ1n) is 11.0. The number of fused-ring (bicyclic) bond motifs is 1. The average Bonchev–Trinajstić information content (AvgIpc) is 3.35. The molecule has 37 heavy (non-hydrogen) atoms.